The number of aliphatic carboxylic acids is 1. The summed E-state index contributed by atoms with van der Waals surface area (Å²) in [5.41, 5.74) is -0.455. The molecule has 2 amide bonds. The van der Waals surface area contributed by atoms with Crippen LogP contribution < -0.4 is 0 Å². The first-order chi connectivity index (χ1) is 12.4. The fraction of sp³-hybridized carbons (Fsp3) is 0.722. The summed E-state index contributed by atoms with van der Waals surface area (Å²) in [7, 11) is 0. The van der Waals surface area contributed by atoms with Crippen LogP contribution in [0.1, 0.15) is 51.9 Å². The van der Waals surface area contributed by atoms with E-state index in [4.69, 9.17) is 11.5 Å². The normalized spacial score (nSPS) is 20.8. The summed E-state index contributed by atoms with van der Waals surface area (Å²) in [6.07, 6.45) is 9.53. The minimum atomic E-state index is -1.02. The third kappa shape index (κ3) is 5.55. The van der Waals surface area contributed by atoms with E-state index in [1.165, 1.54) is 11.8 Å². The number of hydrogen-bond acceptors (Lipinski definition) is 5. The molecule has 1 unspecified atom stereocenters. The van der Waals surface area contributed by atoms with Crippen molar-refractivity contribution in [1.29, 1.82) is 0 Å². The first-order valence-corrected chi connectivity index (χ1v) is 9.01. The molecule has 1 saturated heterocycles. The highest BCUT2D eigenvalue weighted by atomic mass is 16.4. The summed E-state index contributed by atoms with van der Waals surface area (Å²) in [6.45, 7) is 2.24. The lowest BCUT2D eigenvalue weighted by Gasteiger charge is -2.29. The topological polar surface area (TPSA) is 103 Å². The fourth-order valence-electron chi connectivity index (χ4n) is 3.42. The van der Waals surface area contributed by atoms with Crippen molar-refractivity contribution < 1.29 is 19.5 Å². The molecule has 2 aliphatic heterocycles. The Kier molecular flexibility index (Phi) is 6.72. The molecule has 8 nitrogen and oxygen atoms in total. The van der Waals surface area contributed by atoms with Crippen molar-refractivity contribution in [2.45, 2.75) is 63.6 Å². The average molecular weight is 362 g/mol. The summed E-state index contributed by atoms with van der Waals surface area (Å²) in [4.78, 5) is 38.5. The highest BCUT2D eigenvalue weighted by Gasteiger charge is 2.39. The number of carboxylic acids is 1. The molecule has 2 aliphatic rings. The molecule has 0 spiro atoms. The van der Waals surface area contributed by atoms with Crippen LogP contribution in [0.3, 0.4) is 0 Å². The number of carbonyl (C=O) groups excluding carboxylic acids is 2. The maximum atomic E-state index is 12.5. The van der Waals surface area contributed by atoms with Gasteiger partial charge in [0.05, 0.1) is 0 Å². The molecule has 0 aromatic rings. The predicted octanol–water partition coefficient (Wildman–Crippen LogP) is 1.66. The number of carbonyl (C=O) groups is 3. The molecule has 2 heterocycles. The average Bonchev–Trinajstić information content (AvgIpc) is 3.39. The highest BCUT2D eigenvalue weighted by molar-refractivity contribution is 5.80. The van der Waals surface area contributed by atoms with Gasteiger partial charge in [-0.25, -0.2) is 0 Å². The second-order valence-corrected chi connectivity index (χ2v) is 6.89. The molecule has 0 radical (unpaired) electrons. The molecule has 8 heteroatoms. The van der Waals surface area contributed by atoms with Crippen molar-refractivity contribution >= 4 is 17.8 Å². The van der Waals surface area contributed by atoms with Crippen LogP contribution in [0.5, 0.6) is 0 Å². The summed E-state index contributed by atoms with van der Waals surface area (Å²) < 4.78 is 0. The van der Waals surface area contributed by atoms with Crippen LogP contribution >= 0.6 is 0 Å². The molecule has 0 bridgehead atoms. The van der Waals surface area contributed by atoms with Gasteiger partial charge in [0.2, 0.25) is 11.8 Å². The monoisotopic (exact) mass is 362 g/mol. The molecule has 1 N–H and O–H groups in total. The zero-order chi connectivity index (χ0) is 19.2. The zero-order valence-corrected chi connectivity index (χ0v) is 15.2. The fourth-order valence-corrected chi connectivity index (χ4v) is 3.42. The molecule has 26 heavy (non-hydrogen) atoms. The van der Waals surface area contributed by atoms with Gasteiger partial charge in [-0.1, -0.05) is 0 Å². The Morgan fingerprint density at radius 1 is 1.27 bits per heavy atom. The van der Waals surface area contributed by atoms with Gasteiger partial charge in [0.25, 0.3) is 0 Å². The Labute approximate surface area is 153 Å². The molecule has 0 saturated carbocycles. The van der Waals surface area contributed by atoms with Crippen molar-refractivity contribution in [2.75, 3.05) is 19.6 Å². The second kappa shape index (κ2) is 8.79. The van der Waals surface area contributed by atoms with Crippen LogP contribution in [0.4, 0.5) is 0 Å². The largest absolute Gasteiger partial charge is 0.480 e. The van der Waals surface area contributed by atoms with Crippen molar-refractivity contribution in [3.05, 3.63) is 0 Å². The summed E-state index contributed by atoms with van der Waals surface area (Å²) in [5, 5.41) is 17.1. The van der Waals surface area contributed by atoms with Crippen LogP contribution in [0.15, 0.2) is 10.2 Å². The van der Waals surface area contributed by atoms with Crippen LogP contribution in [-0.2, 0) is 14.4 Å². The summed E-state index contributed by atoms with van der Waals surface area (Å²) >= 11 is 0. The van der Waals surface area contributed by atoms with E-state index in [9.17, 15) is 14.4 Å². The molecule has 1 atom stereocenters. The lowest BCUT2D eigenvalue weighted by molar-refractivity contribution is -0.145. The lowest BCUT2D eigenvalue weighted by atomic mass is 10.0. The Morgan fingerprint density at radius 2 is 2.00 bits per heavy atom. The summed E-state index contributed by atoms with van der Waals surface area (Å²) in [5.74, 6) is 1.36. The standard InChI is InChI=1S/C18H26N4O4/c1-3-4-9-18(19-20-18)10-7-16(24)21-11-5-6-15(8-12-21)22(14(2)23)13-17(25)26/h1,15H,4-13H2,2H3,(H,25,26). The van der Waals surface area contributed by atoms with Crippen molar-refractivity contribution in [1.82, 2.24) is 9.80 Å². The number of nitrogens with zero attached hydrogens (tertiary/aromatic N) is 4. The third-order valence-electron chi connectivity index (χ3n) is 4.99. The van der Waals surface area contributed by atoms with Gasteiger partial charge < -0.3 is 14.9 Å². The molecule has 142 valence electrons. The molecule has 1 fully saturated rings. The second-order valence-electron chi connectivity index (χ2n) is 6.89. The third-order valence-corrected chi connectivity index (χ3v) is 4.99. The van der Waals surface area contributed by atoms with Gasteiger partial charge in [-0.2, -0.15) is 10.2 Å². The maximum absolute atomic E-state index is 12.5. The minimum absolute atomic E-state index is 0.0515. The lowest BCUT2D eigenvalue weighted by Crippen LogP contribution is -2.43. The van der Waals surface area contributed by atoms with E-state index in [2.05, 4.69) is 16.1 Å². The minimum Gasteiger partial charge on any atom is -0.480 e. The van der Waals surface area contributed by atoms with E-state index in [0.717, 1.165) is 6.42 Å². The Bertz CT molecular complexity index is 619. The Hall–Kier alpha value is -2.43. The smallest absolute Gasteiger partial charge is 0.323 e. The first kappa shape index (κ1) is 19.9. The van der Waals surface area contributed by atoms with Gasteiger partial charge in [-0.15, -0.1) is 12.3 Å². The molecule has 0 aromatic carbocycles. The first-order valence-electron chi connectivity index (χ1n) is 9.01. The molecule has 2 rings (SSSR count). The van der Waals surface area contributed by atoms with Gasteiger partial charge in [0.15, 0.2) is 5.66 Å². The van der Waals surface area contributed by atoms with Gasteiger partial charge in [0.1, 0.15) is 6.54 Å². The van der Waals surface area contributed by atoms with Gasteiger partial charge in [-0.05, 0) is 19.3 Å². The van der Waals surface area contributed by atoms with Crippen LogP contribution in [-0.4, -0.2) is 64.0 Å². The number of rotatable bonds is 8. The quantitative estimate of drug-likeness (QED) is 0.663. The zero-order valence-electron chi connectivity index (χ0n) is 15.2. The summed E-state index contributed by atoms with van der Waals surface area (Å²) in [6, 6.07) is -0.142. The molecule has 0 aliphatic carbocycles. The Morgan fingerprint density at radius 3 is 2.58 bits per heavy atom. The van der Waals surface area contributed by atoms with Gasteiger partial charge in [0, 0.05) is 51.7 Å². The molecular formula is C18H26N4O4. The van der Waals surface area contributed by atoms with E-state index in [1.54, 1.807) is 4.90 Å². The van der Waals surface area contributed by atoms with E-state index < -0.39 is 11.6 Å². The number of hydrogen-bond donors (Lipinski definition) is 1. The van der Waals surface area contributed by atoms with Crippen LogP contribution in [0, 0.1) is 12.3 Å². The van der Waals surface area contributed by atoms with E-state index in [1.807, 2.05) is 0 Å². The van der Waals surface area contributed by atoms with E-state index in [-0.39, 0.29) is 24.4 Å². The van der Waals surface area contributed by atoms with Crippen LogP contribution in [0.25, 0.3) is 0 Å². The predicted molar refractivity (Wildman–Crippen MR) is 94.1 cm³/mol. The molecular weight excluding hydrogens is 336 g/mol. The van der Waals surface area contributed by atoms with Crippen LogP contribution in [0.2, 0.25) is 0 Å². The number of terminal acetylenes is 1. The highest BCUT2D eigenvalue weighted by Crippen LogP contribution is 2.37. The van der Waals surface area contributed by atoms with E-state index in [0.29, 0.717) is 51.6 Å². The number of amides is 2. The Balaban J connectivity index is 1.83. The van der Waals surface area contributed by atoms with Crippen molar-refractivity contribution in [3.8, 4) is 12.3 Å². The van der Waals surface area contributed by atoms with Crippen molar-refractivity contribution in [3.63, 3.8) is 0 Å². The van der Waals surface area contributed by atoms with E-state index >= 15 is 0 Å². The maximum Gasteiger partial charge on any atom is 0.323 e. The van der Waals surface area contributed by atoms with Gasteiger partial charge >= 0.3 is 5.97 Å². The number of likely N-dealkylation sites (tertiary alicyclic amines) is 1. The van der Waals surface area contributed by atoms with Crippen molar-refractivity contribution in [2.24, 2.45) is 10.2 Å². The van der Waals surface area contributed by atoms with Gasteiger partial charge in [-0.3, -0.25) is 14.4 Å². The SMILES string of the molecule is C#CCCC1(CCC(=O)N2CCCC(N(CC(=O)O)C(C)=O)CC2)N=N1. The molecule has 0 aromatic heterocycles. The number of carboxylic acid groups (broad SMARTS) is 1.